The third-order valence-corrected chi connectivity index (χ3v) is 3.68. The van der Waals surface area contributed by atoms with Crippen molar-refractivity contribution < 1.29 is 4.39 Å². The topological polar surface area (TPSA) is 27.8 Å². The van der Waals surface area contributed by atoms with Crippen molar-refractivity contribution in [1.82, 2.24) is 4.98 Å². The minimum atomic E-state index is -0.258. The number of aromatic amines is 1. The van der Waals surface area contributed by atoms with Crippen LogP contribution in [0.2, 0.25) is 0 Å². The Morgan fingerprint density at radius 3 is 2.84 bits per heavy atom. The molecule has 0 spiro atoms. The van der Waals surface area contributed by atoms with Crippen LogP contribution in [0.15, 0.2) is 53.1 Å². The van der Waals surface area contributed by atoms with Gasteiger partial charge < -0.3 is 10.3 Å². The molecule has 1 heterocycles. The fourth-order valence-electron chi connectivity index (χ4n) is 2.02. The van der Waals surface area contributed by atoms with E-state index in [1.165, 1.54) is 11.5 Å². The van der Waals surface area contributed by atoms with E-state index in [-0.39, 0.29) is 5.82 Å². The summed E-state index contributed by atoms with van der Waals surface area (Å²) in [4.78, 5) is 3.16. The highest BCUT2D eigenvalue weighted by molar-refractivity contribution is 9.10. The molecule has 4 heteroatoms. The summed E-state index contributed by atoms with van der Waals surface area (Å²) in [6.45, 7) is 0.669. The Bertz CT molecular complexity index is 721. The Labute approximate surface area is 118 Å². The van der Waals surface area contributed by atoms with Gasteiger partial charge in [0.15, 0.2) is 0 Å². The molecule has 19 heavy (non-hydrogen) atoms. The molecule has 0 amide bonds. The van der Waals surface area contributed by atoms with Crippen LogP contribution in [0.25, 0.3) is 10.9 Å². The van der Waals surface area contributed by atoms with Crippen LogP contribution in [0.3, 0.4) is 0 Å². The number of rotatable bonds is 3. The standard InChI is InChI=1S/C15H12BrFN2/c16-13-3-2-12(8-14(13)17)19-9-10-1-4-15-11(7-10)5-6-18-15/h1-8,18-19H,9H2. The molecule has 0 saturated heterocycles. The van der Waals surface area contributed by atoms with Crippen molar-refractivity contribution >= 4 is 32.5 Å². The van der Waals surface area contributed by atoms with Gasteiger partial charge in [0.25, 0.3) is 0 Å². The molecular weight excluding hydrogens is 307 g/mol. The zero-order valence-electron chi connectivity index (χ0n) is 10.1. The zero-order chi connectivity index (χ0) is 13.2. The van der Waals surface area contributed by atoms with E-state index in [9.17, 15) is 4.39 Å². The van der Waals surface area contributed by atoms with E-state index in [4.69, 9.17) is 0 Å². The molecule has 0 aliphatic carbocycles. The van der Waals surface area contributed by atoms with Crippen LogP contribution in [-0.4, -0.2) is 4.98 Å². The number of anilines is 1. The second-order valence-corrected chi connectivity index (χ2v) is 5.24. The van der Waals surface area contributed by atoms with Gasteiger partial charge in [-0.05, 0) is 63.3 Å². The van der Waals surface area contributed by atoms with Gasteiger partial charge in [-0.2, -0.15) is 0 Å². The number of hydrogen-bond acceptors (Lipinski definition) is 1. The summed E-state index contributed by atoms with van der Waals surface area (Å²) in [7, 11) is 0. The molecule has 3 aromatic rings. The maximum absolute atomic E-state index is 13.4. The summed E-state index contributed by atoms with van der Waals surface area (Å²) in [5, 5.41) is 4.40. The van der Waals surface area contributed by atoms with Crippen molar-refractivity contribution in [2.75, 3.05) is 5.32 Å². The zero-order valence-corrected chi connectivity index (χ0v) is 11.7. The Morgan fingerprint density at radius 2 is 2.00 bits per heavy atom. The Kier molecular flexibility index (Phi) is 3.25. The van der Waals surface area contributed by atoms with Crippen molar-refractivity contribution in [3.63, 3.8) is 0 Å². The van der Waals surface area contributed by atoms with Crippen molar-refractivity contribution in [1.29, 1.82) is 0 Å². The van der Waals surface area contributed by atoms with Crippen LogP contribution in [0.5, 0.6) is 0 Å². The highest BCUT2D eigenvalue weighted by Gasteiger charge is 2.01. The van der Waals surface area contributed by atoms with Crippen LogP contribution >= 0.6 is 15.9 Å². The fraction of sp³-hybridized carbons (Fsp3) is 0.0667. The largest absolute Gasteiger partial charge is 0.381 e. The van der Waals surface area contributed by atoms with Crippen molar-refractivity contribution in [2.45, 2.75) is 6.54 Å². The van der Waals surface area contributed by atoms with E-state index in [1.54, 1.807) is 6.07 Å². The van der Waals surface area contributed by atoms with Gasteiger partial charge in [0.2, 0.25) is 0 Å². The number of H-pyrrole nitrogens is 1. The minimum Gasteiger partial charge on any atom is -0.381 e. The molecule has 2 aromatic carbocycles. The molecular formula is C15H12BrFN2. The predicted molar refractivity (Wildman–Crippen MR) is 79.7 cm³/mol. The van der Waals surface area contributed by atoms with Gasteiger partial charge in [-0.25, -0.2) is 4.39 Å². The van der Waals surface area contributed by atoms with Crippen molar-refractivity contribution in [3.05, 3.63) is 64.5 Å². The molecule has 0 aliphatic rings. The highest BCUT2D eigenvalue weighted by atomic mass is 79.9. The van der Waals surface area contributed by atoms with Gasteiger partial charge in [0.05, 0.1) is 4.47 Å². The number of hydrogen-bond donors (Lipinski definition) is 2. The van der Waals surface area contributed by atoms with E-state index in [2.05, 4.69) is 44.4 Å². The highest BCUT2D eigenvalue weighted by Crippen LogP contribution is 2.20. The van der Waals surface area contributed by atoms with Crippen molar-refractivity contribution in [3.8, 4) is 0 Å². The van der Waals surface area contributed by atoms with Gasteiger partial charge in [0, 0.05) is 23.9 Å². The Hall–Kier alpha value is -1.81. The first-order valence-electron chi connectivity index (χ1n) is 5.97. The molecule has 0 saturated carbocycles. The molecule has 0 fully saturated rings. The Balaban J connectivity index is 1.75. The van der Waals surface area contributed by atoms with Gasteiger partial charge in [-0.1, -0.05) is 6.07 Å². The van der Waals surface area contributed by atoms with E-state index < -0.39 is 0 Å². The molecule has 3 rings (SSSR count). The normalized spacial score (nSPS) is 10.8. The summed E-state index contributed by atoms with van der Waals surface area (Å²) < 4.78 is 13.9. The summed E-state index contributed by atoms with van der Waals surface area (Å²) in [6.07, 6.45) is 1.92. The lowest BCUT2D eigenvalue weighted by Crippen LogP contribution is -1.99. The predicted octanol–water partition coefficient (Wildman–Crippen LogP) is 4.68. The summed E-state index contributed by atoms with van der Waals surface area (Å²) >= 11 is 3.14. The average Bonchev–Trinajstić information content (AvgIpc) is 2.87. The number of benzene rings is 2. The van der Waals surface area contributed by atoms with Crippen LogP contribution in [0, 0.1) is 5.82 Å². The van der Waals surface area contributed by atoms with E-state index in [0.717, 1.165) is 16.8 Å². The average molecular weight is 319 g/mol. The third-order valence-electron chi connectivity index (χ3n) is 3.03. The summed E-state index contributed by atoms with van der Waals surface area (Å²) in [6, 6.07) is 13.3. The third kappa shape index (κ3) is 2.63. The quantitative estimate of drug-likeness (QED) is 0.721. The fourth-order valence-corrected chi connectivity index (χ4v) is 2.27. The van der Waals surface area contributed by atoms with E-state index in [0.29, 0.717) is 11.0 Å². The van der Waals surface area contributed by atoms with Crippen LogP contribution in [-0.2, 0) is 6.54 Å². The minimum absolute atomic E-state index is 0.258. The lowest BCUT2D eigenvalue weighted by atomic mass is 10.1. The number of aromatic nitrogens is 1. The van der Waals surface area contributed by atoms with Crippen LogP contribution in [0.4, 0.5) is 10.1 Å². The van der Waals surface area contributed by atoms with Gasteiger partial charge in [-0.3, -0.25) is 0 Å². The lowest BCUT2D eigenvalue weighted by molar-refractivity contribution is 0.621. The number of halogens is 2. The molecule has 2 N–H and O–H groups in total. The summed E-state index contributed by atoms with van der Waals surface area (Å²) in [5.41, 5.74) is 3.06. The molecule has 0 atom stereocenters. The molecule has 0 unspecified atom stereocenters. The summed E-state index contributed by atoms with van der Waals surface area (Å²) in [5.74, 6) is -0.258. The second-order valence-electron chi connectivity index (χ2n) is 4.38. The molecule has 96 valence electrons. The number of nitrogens with one attached hydrogen (secondary N) is 2. The maximum atomic E-state index is 13.4. The van der Waals surface area contributed by atoms with Crippen LogP contribution < -0.4 is 5.32 Å². The second kappa shape index (κ2) is 5.05. The molecule has 1 aromatic heterocycles. The Morgan fingerprint density at radius 1 is 1.11 bits per heavy atom. The van der Waals surface area contributed by atoms with E-state index in [1.807, 2.05) is 18.3 Å². The monoisotopic (exact) mass is 318 g/mol. The molecule has 0 bridgehead atoms. The SMILES string of the molecule is Fc1cc(NCc2ccc3[nH]ccc3c2)ccc1Br. The van der Waals surface area contributed by atoms with Crippen LogP contribution in [0.1, 0.15) is 5.56 Å². The van der Waals surface area contributed by atoms with E-state index >= 15 is 0 Å². The van der Waals surface area contributed by atoms with Crippen molar-refractivity contribution in [2.24, 2.45) is 0 Å². The maximum Gasteiger partial charge on any atom is 0.139 e. The van der Waals surface area contributed by atoms with Gasteiger partial charge >= 0.3 is 0 Å². The lowest BCUT2D eigenvalue weighted by Gasteiger charge is -2.07. The number of fused-ring (bicyclic) bond motifs is 1. The molecule has 0 aliphatic heterocycles. The smallest absolute Gasteiger partial charge is 0.139 e. The molecule has 2 nitrogen and oxygen atoms in total. The first-order valence-corrected chi connectivity index (χ1v) is 6.76. The molecule has 0 radical (unpaired) electrons. The first-order chi connectivity index (χ1) is 9.22. The van der Waals surface area contributed by atoms with Gasteiger partial charge in [0.1, 0.15) is 5.82 Å². The van der Waals surface area contributed by atoms with Gasteiger partial charge in [-0.15, -0.1) is 0 Å². The first kappa shape index (κ1) is 12.2.